The second-order valence-electron chi connectivity index (χ2n) is 4.81. The van der Waals surface area contributed by atoms with Crippen LogP contribution in [0.15, 0.2) is 46.9 Å². The van der Waals surface area contributed by atoms with Gasteiger partial charge in [0.1, 0.15) is 10.0 Å². The number of alkyl halides is 3. The maximum atomic E-state index is 13.4. The summed E-state index contributed by atoms with van der Waals surface area (Å²) in [6.45, 7) is 0. The number of pyridine rings is 1. The Bertz CT molecular complexity index is 980. The third-order valence-corrected chi connectivity index (χ3v) is 6.01. The summed E-state index contributed by atoms with van der Waals surface area (Å²) in [6, 6.07) is 4.47. The lowest BCUT2D eigenvalue weighted by molar-refractivity contribution is -0.137. The van der Waals surface area contributed by atoms with Crippen molar-refractivity contribution in [3.63, 3.8) is 0 Å². The molecule has 1 aromatic carbocycles. The zero-order valence-electron chi connectivity index (χ0n) is 11.6. The third-order valence-electron chi connectivity index (χ3n) is 3.04. The minimum absolute atomic E-state index is 0.108. The van der Waals surface area contributed by atoms with Crippen LogP contribution < -0.4 is 4.72 Å². The topological polar surface area (TPSA) is 59.1 Å². The Labute approximate surface area is 137 Å². The monoisotopic (exact) mass is 376 g/mol. The van der Waals surface area contributed by atoms with Crippen LogP contribution in [0.3, 0.4) is 0 Å². The van der Waals surface area contributed by atoms with Gasteiger partial charge in [-0.05, 0) is 30.3 Å². The molecule has 0 saturated heterocycles. The average Bonchev–Trinajstić information content (AvgIpc) is 2.90. The number of anilines is 1. The minimum Gasteiger partial charge on any atom is -0.279 e. The smallest absolute Gasteiger partial charge is 0.279 e. The summed E-state index contributed by atoms with van der Waals surface area (Å²) in [4.78, 5) is 3.86. The molecule has 10 heteroatoms. The molecule has 0 fully saturated rings. The number of nitrogens with one attached hydrogen (secondary N) is 1. The van der Waals surface area contributed by atoms with Gasteiger partial charge >= 0.3 is 6.18 Å². The van der Waals surface area contributed by atoms with E-state index in [0.717, 1.165) is 11.3 Å². The van der Waals surface area contributed by atoms with Crippen LogP contribution in [0.1, 0.15) is 5.56 Å². The second-order valence-corrected chi connectivity index (χ2v) is 7.80. The molecule has 0 unspecified atom stereocenters. The summed E-state index contributed by atoms with van der Waals surface area (Å²) in [5, 5.41) is 0.582. The van der Waals surface area contributed by atoms with Crippen molar-refractivity contribution in [3.8, 4) is 0 Å². The first kappa shape index (κ1) is 16.7. The third kappa shape index (κ3) is 3.34. The molecule has 1 N–H and O–H groups in total. The van der Waals surface area contributed by atoms with Crippen LogP contribution in [-0.2, 0) is 16.2 Å². The molecule has 126 valence electrons. The second kappa shape index (κ2) is 5.71. The maximum absolute atomic E-state index is 13.4. The van der Waals surface area contributed by atoms with Crippen LogP contribution in [0.4, 0.5) is 23.2 Å². The molecule has 3 aromatic rings. The van der Waals surface area contributed by atoms with Crippen molar-refractivity contribution in [1.82, 2.24) is 4.98 Å². The van der Waals surface area contributed by atoms with Crippen LogP contribution in [0.25, 0.3) is 10.1 Å². The van der Waals surface area contributed by atoms with E-state index in [0.29, 0.717) is 28.3 Å². The molecule has 2 heterocycles. The van der Waals surface area contributed by atoms with Gasteiger partial charge in [-0.3, -0.25) is 9.71 Å². The average molecular weight is 376 g/mol. The summed E-state index contributed by atoms with van der Waals surface area (Å²) in [5.74, 6) is -1.19. The molecule has 0 atom stereocenters. The van der Waals surface area contributed by atoms with Gasteiger partial charge in [0.15, 0.2) is 0 Å². The number of thiophene rings is 1. The molecule has 0 radical (unpaired) electrons. The largest absolute Gasteiger partial charge is 0.416 e. The predicted molar refractivity (Wildman–Crippen MR) is 81.8 cm³/mol. The van der Waals surface area contributed by atoms with Crippen molar-refractivity contribution in [2.75, 3.05) is 4.72 Å². The molecule has 2 aromatic heterocycles. The Morgan fingerprint density at radius 1 is 1.12 bits per heavy atom. The number of halogens is 4. The lowest BCUT2D eigenvalue weighted by Crippen LogP contribution is -2.13. The highest BCUT2D eigenvalue weighted by Crippen LogP contribution is 2.33. The van der Waals surface area contributed by atoms with Gasteiger partial charge in [0.25, 0.3) is 10.0 Å². The molecule has 0 aliphatic heterocycles. The van der Waals surface area contributed by atoms with E-state index in [1.165, 1.54) is 18.5 Å². The van der Waals surface area contributed by atoms with E-state index in [2.05, 4.69) is 4.98 Å². The molecule has 0 spiro atoms. The van der Waals surface area contributed by atoms with Crippen LogP contribution in [-0.4, -0.2) is 13.4 Å². The number of benzene rings is 1. The van der Waals surface area contributed by atoms with E-state index in [1.54, 1.807) is 6.07 Å². The lowest BCUT2D eigenvalue weighted by Gasteiger charge is -2.11. The Hall–Kier alpha value is -2.20. The van der Waals surface area contributed by atoms with E-state index in [9.17, 15) is 26.0 Å². The van der Waals surface area contributed by atoms with E-state index in [1.807, 2.05) is 4.72 Å². The van der Waals surface area contributed by atoms with Crippen molar-refractivity contribution in [3.05, 3.63) is 54.1 Å². The molecule has 0 aliphatic rings. The summed E-state index contributed by atoms with van der Waals surface area (Å²) < 4.78 is 78.6. The standard InChI is InChI=1S/C14H8F4N2O2S2/c15-10-4-9(14(16,17)18)5-11(6-10)20-24(21,22)13-3-8-7-19-2-1-12(8)23-13/h1-7,20H. The Kier molecular flexibility index (Phi) is 3.96. The van der Waals surface area contributed by atoms with Gasteiger partial charge in [-0.25, -0.2) is 12.8 Å². The molecule has 0 amide bonds. The van der Waals surface area contributed by atoms with E-state index in [4.69, 9.17) is 0 Å². The highest BCUT2D eigenvalue weighted by molar-refractivity contribution is 7.94. The Balaban J connectivity index is 1.99. The van der Waals surface area contributed by atoms with Crippen LogP contribution in [0.5, 0.6) is 0 Å². The summed E-state index contributed by atoms with van der Waals surface area (Å²) in [6.07, 6.45) is -1.83. The quantitative estimate of drug-likeness (QED) is 0.695. The van der Waals surface area contributed by atoms with Gasteiger partial charge in [0.05, 0.1) is 11.3 Å². The molecule has 0 saturated carbocycles. The Morgan fingerprint density at radius 2 is 1.88 bits per heavy atom. The van der Waals surface area contributed by atoms with E-state index >= 15 is 0 Å². The molecule has 0 bridgehead atoms. The number of rotatable bonds is 3. The van der Waals surface area contributed by atoms with Gasteiger partial charge in [-0.15, -0.1) is 11.3 Å². The summed E-state index contributed by atoms with van der Waals surface area (Å²) >= 11 is 0.931. The van der Waals surface area contributed by atoms with Crippen molar-refractivity contribution in [1.29, 1.82) is 0 Å². The number of hydrogen-bond acceptors (Lipinski definition) is 4. The number of aromatic nitrogens is 1. The zero-order chi connectivity index (χ0) is 17.5. The number of nitrogens with zero attached hydrogens (tertiary/aromatic N) is 1. The van der Waals surface area contributed by atoms with Crippen molar-refractivity contribution < 1.29 is 26.0 Å². The first-order valence-electron chi connectivity index (χ1n) is 6.39. The van der Waals surface area contributed by atoms with Crippen LogP contribution in [0.2, 0.25) is 0 Å². The number of hydrogen-bond donors (Lipinski definition) is 1. The molecular weight excluding hydrogens is 368 g/mol. The number of sulfonamides is 1. The molecular formula is C14H8F4N2O2S2. The fourth-order valence-corrected chi connectivity index (χ4v) is 4.42. The fourth-order valence-electron chi connectivity index (χ4n) is 2.01. The molecule has 3 rings (SSSR count). The highest BCUT2D eigenvalue weighted by Gasteiger charge is 2.32. The highest BCUT2D eigenvalue weighted by atomic mass is 32.2. The number of fused-ring (bicyclic) bond motifs is 1. The van der Waals surface area contributed by atoms with Gasteiger partial charge in [0, 0.05) is 22.5 Å². The minimum atomic E-state index is -4.79. The Morgan fingerprint density at radius 3 is 2.54 bits per heavy atom. The van der Waals surface area contributed by atoms with Crippen molar-refractivity contribution in [2.45, 2.75) is 10.4 Å². The SMILES string of the molecule is O=S(=O)(Nc1cc(F)cc(C(F)(F)F)c1)c1cc2cnccc2s1. The normalized spacial score (nSPS) is 12.5. The van der Waals surface area contributed by atoms with Gasteiger partial charge in [-0.1, -0.05) is 0 Å². The molecule has 0 aliphatic carbocycles. The van der Waals surface area contributed by atoms with E-state index in [-0.39, 0.29) is 4.21 Å². The molecule has 4 nitrogen and oxygen atoms in total. The first-order valence-corrected chi connectivity index (χ1v) is 8.69. The van der Waals surface area contributed by atoms with E-state index < -0.39 is 33.3 Å². The van der Waals surface area contributed by atoms with Gasteiger partial charge in [-0.2, -0.15) is 13.2 Å². The fraction of sp³-hybridized carbons (Fsp3) is 0.0714. The predicted octanol–water partition coefficient (Wildman–Crippen LogP) is 4.26. The first-order chi connectivity index (χ1) is 11.1. The summed E-state index contributed by atoms with van der Waals surface area (Å²) in [5.41, 5.74) is -1.78. The maximum Gasteiger partial charge on any atom is 0.416 e. The summed E-state index contributed by atoms with van der Waals surface area (Å²) in [7, 11) is -4.15. The van der Waals surface area contributed by atoms with Crippen LogP contribution in [0, 0.1) is 5.82 Å². The zero-order valence-corrected chi connectivity index (χ0v) is 13.3. The van der Waals surface area contributed by atoms with Crippen LogP contribution >= 0.6 is 11.3 Å². The molecule has 24 heavy (non-hydrogen) atoms. The van der Waals surface area contributed by atoms with Crippen molar-refractivity contribution in [2.24, 2.45) is 0 Å². The van der Waals surface area contributed by atoms with Gasteiger partial charge < -0.3 is 0 Å². The van der Waals surface area contributed by atoms with Gasteiger partial charge in [0.2, 0.25) is 0 Å². The van der Waals surface area contributed by atoms with Crippen molar-refractivity contribution >= 4 is 37.1 Å². The lowest BCUT2D eigenvalue weighted by atomic mass is 10.2.